The van der Waals surface area contributed by atoms with Gasteiger partial charge in [-0.3, -0.25) is 9.69 Å². The van der Waals surface area contributed by atoms with Crippen LogP contribution in [0.15, 0.2) is 0 Å². The maximum atomic E-state index is 12.4. The third kappa shape index (κ3) is 2.16. The van der Waals surface area contributed by atoms with E-state index in [-0.39, 0.29) is 0 Å². The molecule has 0 radical (unpaired) electrons. The minimum absolute atomic E-state index is 0.311. The van der Waals surface area contributed by atoms with Crippen molar-refractivity contribution in [3.8, 4) is 0 Å². The average molecular weight is 252 g/mol. The zero-order valence-corrected chi connectivity index (χ0v) is 11.5. The molecule has 4 heteroatoms. The summed E-state index contributed by atoms with van der Waals surface area (Å²) in [4.78, 5) is 16.8. The number of fused-ring (bicyclic) bond motifs is 1. The van der Waals surface area contributed by atoms with Crippen LogP contribution >= 0.6 is 0 Å². The van der Waals surface area contributed by atoms with Crippen LogP contribution in [0.25, 0.3) is 0 Å². The van der Waals surface area contributed by atoms with Crippen LogP contribution < -0.4 is 0 Å². The molecule has 2 saturated heterocycles. The molecule has 0 aromatic carbocycles. The Kier molecular flexibility index (Phi) is 3.32. The summed E-state index contributed by atoms with van der Waals surface area (Å²) in [7, 11) is 2.15. The molecule has 3 aliphatic rings. The summed E-state index contributed by atoms with van der Waals surface area (Å²) in [6, 6.07) is 0.411. The summed E-state index contributed by atoms with van der Waals surface area (Å²) < 4.78 is 5.82. The number of likely N-dealkylation sites (tertiary alicyclic amines) is 1. The molecular formula is C14H24N2O2. The summed E-state index contributed by atoms with van der Waals surface area (Å²) in [6.07, 6.45) is 3.53. The highest BCUT2D eigenvalue weighted by Crippen LogP contribution is 2.35. The third-order valence-corrected chi connectivity index (χ3v) is 4.90. The van der Waals surface area contributed by atoms with Crippen LogP contribution in [-0.4, -0.2) is 61.1 Å². The molecule has 2 atom stereocenters. The molecule has 2 heterocycles. The van der Waals surface area contributed by atoms with Gasteiger partial charge in [-0.15, -0.1) is 0 Å². The van der Waals surface area contributed by atoms with E-state index < -0.39 is 0 Å². The molecule has 18 heavy (non-hydrogen) atoms. The van der Waals surface area contributed by atoms with Crippen LogP contribution in [0.4, 0.5) is 0 Å². The fraction of sp³-hybridized carbons (Fsp3) is 0.929. The first-order valence-corrected chi connectivity index (χ1v) is 7.26. The van der Waals surface area contributed by atoms with Crippen LogP contribution in [0.5, 0.6) is 0 Å². The van der Waals surface area contributed by atoms with Gasteiger partial charge in [-0.1, -0.05) is 6.92 Å². The van der Waals surface area contributed by atoms with Gasteiger partial charge < -0.3 is 9.64 Å². The molecule has 1 amide bonds. The van der Waals surface area contributed by atoms with Crippen LogP contribution in [0, 0.1) is 11.8 Å². The number of likely N-dealkylation sites (N-methyl/N-ethyl adjacent to an activating group) is 1. The summed E-state index contributed by atoms with van der Waals surface area (Å²) in [5.41, 5.74) is 0. The second-order valence-electron chi connectivity index (χ2n) is 6.30. The van der Waals surface area contributed by atoms with Gasteiger partial charge in [0.05, 0.1) is 18.8 Å². The number of rotatable bonds is 1. The Hall–Kier alpha value is -0.610. The second-order valence-corrected chi connectivity index (χ2v) is 6.30. The van der Waals surface area contributed by atoms with Gasteiger partial charge in [0, 0.05) is 25.6 Å². The lowest BCUT2D eigenvalue weighted by molar-refractivity contribution is -0.149. The number of ether oxygens (including phenoxy) is 1. The largest absolute Gasteiger partial charge is 0.375 e. The van der Waals surface area contributed by atoms with Crippen molar-refractivity contribution in [3.63, 3.8) is 0 Å². The van der Waals surface area contributed by atoms with E-state index in [0.717, 1.165) is 51.4 Å². The van der Waals surface area contributed by atoms with Gasteiger partial charge in [0.1, 0.15) is 0 Å². The topological polar surface area (TPSA) is 32.8 Å². The lowest BCUT2D eigenvalue weighted by Crippen LogP contribution is -2.60. The molecule has 0 bridgehead atoms. The number of amides is 1. The van der Waals surface area contributed by atoms with Crippen molar-refractivity contribution in [2.45, 2.75) is 38.3 Å². The molecule has 0 spiro atoms. The first-order valence-electron chi connectivity index (χ1n) is 7.26. The smallest absolute Gasteiger partial charge is 0.225 e. The van der Waals surface area contributed by atoms with Gasteiger partial charge >= 0.3 is 0 Å². The lowest BCUT2D eigenvalue weighted by atomic mass is 9.75. The number of hydrogen-bond acceptors (Lipinski definition) is 3. The maximum Gasteiger partial charge on any atom is 0.225 e. The standard InChI is InChI=1S/C14H24N2O2/c1-10-7-11(8-10)14(17)16-4-3-13-12(9-16)15(2)5-6-18-13/h10-13H,3-9H2,1-2H3/t10?,11?,12-,13-/m0/s1. The normalized spacial score (nSPS) is 41.1. The fourth-order valence-electron chi connectivity index (χ4n) is 3.60. The van der Waals surface area contributed by atoms with Gasteiger partial charge in [0.2, 0.25) is 5.91 Å². The minimum Gasteiger partial charge on any atom is -0.375 e. The SMILES string of the molecule is CC1CC(C(=O)N2CC[C@@H]3OCCN(C)[C@H]3C2)C1. The van der Waals surface area contributed by atoms with E-state index in [1.807, 2.05) is 0 Å². The van der Waals surface area contributed by atoms with E-state index in [0.29, 0.717) is 24.0 Å². The highest BCUT2D eigenvalue weighted by molar-refractivity contribution is 5.79. The Morgan fingerprint density at radius 2 is 2.06 bits per heavy atom. The molecule has 1 aliphatic carbocycles. The Morgan fingerprint density at radius 1 is 1.28 bits per heavy atom. The average Bonchev–Trinajstić information content (AvgIpc) is 2.34. The Morgan fingerprint density at radius 3 is 2.78 bits per heavy atom. The number of nitrogens with zero attached hydrogens (tertiary/aromatic N) is 2. The maximum absolute atomic E-state index is 12.4. The molecule has 3 rings (SSSR count). The highest BCUT2D eigenvalue weighted by Gasteiger charge is 2.40. The van der Waals surface area contributed by atoms with E-state index in [2.05, 4.69) is 23.8 Å². The highest BCUT2D eigenvalue weighted by atomic mass is 16.5. The van der Waals surface area contributed by atoms with Crippen molar-refractivity contribution < 1.29 is 9.53 Å². The number of hydrogen-bond donors (Lipinski definition) is 0. The zero-order chi connectivity index (χ0) is 12.7. The van der Waals surface area contributed by atoms with Crippen LogP contribution in [0.1, 0.15) is 26.2 Å². The van der Waals surface area contributed by atoms with E-state index >= 15 is 0 Å². The van der Waals surface area contributed by atoms with E-state index in [4.69, 9.17) is 4.74 Å². The van der Waals surface area contributed by atoms with Crippen LogP contribution in [0.3, 0.4) is 0 Å². The van der Waals surface area contributed by atoms with Crippen molar-refractivity contribution >= 4 is 5.91 Å². The fourth-order valence-corrected chi connectivity index (χ4v) is 3.60. The lowest BCUT2D eigenvalue weighted by Gasteiger charge is -2.47. The summed E-state index contributed by atoms with van der Waals surface area (Å²) in [5.74, 6) is 1.45. The van der Waals surface area contributed by atoms with Crippen LogP contribution in [0.2, 0.25) is 0 Å². The number of carbonyl (C=O) groups is 1. The summed E-state index contributed by atoms with van der Waals surface area (Å²) >= 11 is 0. The molecule has 0 aromatic heterocycles. The van der Waals surface area contributed by atoms with Crippen molar-refractivity contribution in [2.75, 3.05) is 33.3 Å². The minimum atomic E-state index is 0.311. The molecule has 4 nitrogen and oxygen atoms in total. The van der Waals surface area contributed by atoms with E-state index in [9.17, 15) is 4.79 Å². The molecule has 0 unspecified atom stereocenters. The number of piperidine rings is 1. The first kappa shape index (κ1) is 12.4. The monoisotopic (exact) mass is 252 g/mol. The van der Waals surface area contributed by atoms with Gasteiger partial charge in [-0.2, -0.15) is 0 Å². The second kappa shape index (κ2) is 4.82. The first-order chi connectivity index (χ1) is 8.65. The Bertz CT molecular complexity index is 328. The van der Waals surface area contributed by atoms with Gasteiger partial charge in [-0.25, -0.2) is 0 Å². The van der Waals surface area contributed by atoms with Gasteiger partial charge in [0.25, 0.3) is 0 Å². The molecule has 2 aliphatic heterocycles. The molecule has 0 N–H and O–H groups in total. The number of carbonyl (C=O) groups excluding carboxylic acids is 1. The summed E-state index contributed by atoms with van der Waals surface area (Å²) in [6.45, 7) is 5.82. The quantitative estimate of drug-likeness (QED) is 0.697. The van der Waals surface area contributed by atoms with Crippen molar-refractivity contribution in [2.24, 2.45) is 11.8 Å². The van der Waals surface area contributed by atoms with Crippen LogP contribution in [-0.2, 0) is 9.53 Å². The molecular weight excluding hydrogens is 228 g/mol. The Labute approximate surface area is 109 Å². The van der Waals surface area contributed by atoms with Gasteiger partial charge in [0.15, 0.2) is 0 Å². The molecule has 3 fully saturated rings. The van der Waals surface area contributed by atoms with E-state index in [1.165, 1.54) is 0 Å². The predicted molar refractivity (Wildman–Crippen MR) is 69.2 cm³/mol. The predicted octanol–water partition coefficient (Wildman–Crippen LogP) is 0.964. The third-order valence-electron chi connectivity index (χ3n) is 4.90. The summed E-state index contributed by atoms with van der Waals surface area (Å²) in [5, 5.41) is 0. The molecule has 1 saturated carbocycles. The molecule has 0 aromatic rings. The molecule has 102 valence electrons. The van der Waals surface area contributed by atoms with Gasteiger partial charge in [-0.05, 0) is 32.2 Å². The van der Waals surface area contributed by atoms with Crippen molar-refractivity contribution in [3.05, 3.63) is 0 Å². The van der Waals surface area contributed by atoms with Crippen molar-refractivity contribution in [1.82, 2.24) is 9.80 Å². The van der Waals surface area contributed by atoms with E-state index in [1.54, 1.807) is 0 Å². The Balaban J connectivity index is 1.60. The number of morpholine rings is 1. The van der Waals surface area contributed by atoms with Crippen molar-refractivity contribution in [1.29, 1.82) is 0 Å². The zero-order valence-electron chi connectivity index (χ0n) is 11.5.